The SMILES string of the molecule is Cc1cccc(-c2nnc(CNc3c(C)cc(C)cc3Cl)o2)c1. The van der Waals surface area contributed by atoms with E-state index in [0.717, 1.165) is 27.9 Å². The van der Waals surface area contributed by atoms with Crippen LogP contribution in [0.2, 0.25) is 5.02 Å². The predicted molar refractivity (Wildman–Crippen MR) is 92.7 cm³/mol. The molecule has 0 atom stereocenters. The molecule has 4 nitrogen and oxygen atoms in total. The first kappa shape index (κ1) is 15.6. The molecule has 1 aromatic heterocycles. The van der Waals surface area contributed by atoms with E-state index in [1.807, 2.05) is 51.1 Å². The number of hydrogen-bond donors (Lipinski definition) is 1. The standard InChI is InChI=1S/C18H18ClN3O/c1-11-5-4-6-14(8-11)18-22-21-16(23-18)10-20-17-13(3)7-12(2)9-15(17)19/h4-9,20H,10H2,1-3H3. The van der Waals surface area contributed by atoms with E-state index in [9.17, 15) is 0 Å². The van der Waals surface area contributed by atoms with Gasteiger partial charge in [-0.1, -0.05) is 35.4 Å². The summed E-state index contributed by atoms with van der Waals surface area (Å²) in [6.45, 7) is 6.51. The second-order valence-electron chi connectivity index (χ2n) is 5.66. The van der Waals surface area contributed by atoms with Gasteiger partial charge in [0.15, 0.2) is 0 Å². The van der Waals surface area contributed by atoms with Gasteiger partial charge in [-0.15, -0.1) is 10.2 Å². The van der Waals surface area contributed by atoms with Crippen molar-refractivity contribution in [3.05, 3.63) is 64.0 Å². The molecule has 5 heteroatoms. The Hall–Kier alpha value is -2.33. The van der Waals surface area contributed by atoms with Gasteiger partial charge in [-0.25, -0.2) is 0 Å². The second kappa shape index (κ2) is 6.42. The first-order chi connectivity index (χ1) is 11.0. The van der Waals surface area contributed by atoms with Crippen LogP contribution in [0.15, 0.2) is 40.8 Å². The summed E-state index contributed by atoms with van der Waals surface area (Å²) in [5, 5.41) is 12.2. The summed E-state index contributed by atoms with van der Waals surface area (Å²) in [6.07, 6.45) is 0. The number of anilines is 1. The van der Waals surface area contributed by atoms with Crippen LogP contribution in [-0.2, 0) is 6.54 Å². The van der Waals surface area contributed by atoms with E-state index in [1.165, 1.54) is 0 Å². The van der Waals surface area contributed by atoms with Crippen LogP contribution >= 0.6 is 11.6 Å². The van der Waals surface area contributed by atoms with Crippen molar-refractivity contribution in [3.63, 3.8) is 0 Å². The highest BCUT2D eigenvalue weighted by Crippen LogP contribution is 2.28. The molecule has 3 aromatic rings. The zero-order chi connectivity index (χ0) is 16.4. The zero-order valence-electron chi connectivity index (χ0n) is 13.4. The molecule has 1 N–H and O–H groups in total. The number of halogens is 1. The van der Waals surface area contributed by atoms with Crippen molar-refractivity contribution in [1.82, 2.24) is 10.2 Å². The summed E-state index contributed by atoms with van der Waals surface area (Å²) in [6, 6.07) is 12.0. The van der Waals surface area contributed by atoms with Gasteiger partial charge in [0.05, 0.1) is 17.3 Å². The van der Waals surface area contributed by atoms with Crippen molar-refractivity contribution in [2.45, 2.75) is 27.3 Å². The molecule has 3 rings (SSSR count). The molecule has 0 aliphatic heterocycles. The third kappa shape index (κ3) is 3.54. The maximum atomic E-state index is 6.29. The van der Waals surface area contributed by atoms with Crippen LogP contribution in [0.1, 0.15) is 22.6 Å². The van der Waals surface area contributed by atoms with Gasteiger partial charge < -0.3 is 9.73 Å². The number of aromatic nitrogens is 2. The van der Waals surface area contributed by atoms with E-state index in [1.54, 1.807) is 0 Å². The lowest BCUT2D eigenvalue weighted by atomic mass is 10.1. The Bertz CT molecular complexity index is 819. The first-order valence-electron chi connectivity index (χ1n) is 7.43. The molecule has 0 spiro atoms. The summed E-state index contributed by atoms with van der Waals surface area (Å²) in [7, 11) is 0. The maximum absolute atomic E-state index is 6.29. The predicted octanol–water partition coefficient (Wildman–Crippen LogP) is 4.93. The molecule has 2 aromatic carbocycles. The Balaban J connectivity index is 1.75. The van der Waals surface area contributed by atoms with Gasteiger partial charge >= 0.3 is 0 Å². The van der Waals surface area contributed by atoms with Gasteiger partial charge in [-0.3, -0.25) is 0 Å². The summed E-state index contributed by atoms with van der Waals surface area (Å²) in [5.74, 6) is 1.05. The summed E-state index contributed by atoms with van der Waals surface area (Å²) in [5.41, 5.74) is 5.20. The van der Waals surface area contributed by atoms with Crippen LogP contribution < -0.4 is 5.32 Å². The van der Waals surface area contributed by atoms with Crippen LogP contribution in [0.4, 0.5) is 5.69 Å². The molecular weight excluding hydrogens is 310 g/mol. The molecule has 0 saturated heterocycles. The van der Waals surface area contributed by atoms with Gasteiger partial charge in [0, 0.05) is 5.56 Å². The molecule has 0 amide bonds. The average Bonchev–Trinajstić information content (AvgIpc) is 2.95. The van der Waals surface area contributed by atoms with E-state index >= 15 is 0 Å². The fraction of sp³-hybridized carbons (Fsp3) is 0.222. The van der Waals surface area contributed by atoms with Crippen LogP contribution in [0.25, 0.3) is 11.5 Å². The van der Waals surface area contributed by atoms with Crippen molar-refractivity contribution in [1.29, 1.82) is 0 Å². The third-order valence-electron chi connectivity index (χ3n) is 3.58. The molecule has 0 bridgehead atoms. The Labute approximate surface area is 140 Å². The number of hydrogen-bond acceptors (Lipinski definition) is 4. The lowest BCUT2D eigenvalue weighted by Crippen LogP contribution is -2.02. The summed E-state index contributed by atoms with van der Waals surface area (Å²) in [4.78, 5) is 0. The minimum atomic E-state index is 0.433. The lowest BCUT2D eigenvalue weighted by molar-refractivity contribution is 0.515. The van der Waals surface area contributed by atoms with Crippen LogP contribution in [-0.4, -0.2) is 10.2 Å². The number of aryl methyl sites for hydroxylation is 3. The van der Waals surface area contributed by atoms with Crippen LogP contribution in [0.3, 0.4) is 0 Å². The van der Waals surface area contributed by atoms with Crippen molar-refractivity contribution in [2.24, 2.45) is 0 Å². The largest absolute Gasteiger partial charge is 0.419 e. The highest BCUT2D eigenvalue weighted by Gasteiger charge is 2.10. The molecule has 118 valence electrons. The highest BCUT2D eigenvalue weighted by molar-refractivity contribution is 6.33. The maximum Gasteiger partial charge on any atom is 0.247 e. The van der Waals surface area contributed by atoms with Crippen molar-refractivity contribution >= 4 is 17.3 Å². The first-order valence-corrected chi connectivity index (χ1v) is 7.81. The molecule has 0 fully saturated rings. The van der Waals surface area contributed by atoms with Crippen molar-refractivity contribution < 1.29 is 4.42 Å². The fourth-order valence-electron chi connectivity index (χ4n) is 2.52. The molecule has 0 radical (unpaired) electrons. The third-order valence-corrected chi connectivity index (χ3v) is 3.88. The smallest absolute Gasteiger partial charge is 0.247 e. The average molecular weight is 328 g/mol. The lowest BCUT2D eigenvalue weighted by Gasteiger charge is -2.10. The van der Waals surface area contributed by atoms with E-state index in [2.05, 4.69) is 21.6 Å². The van der Waals surface area contributed by atoms with Gasteiger partial charge in [0.2, 0.25) is 11.8 Å². The number of nitrogens with zero attached hydrogens (tertiary/aromatic N) is 2. The van der Waals surface area contributed by atoms with E-state index < -0.39 is 0 Å². The Kier molecular flexibility index (Phi) is 4.35. The van der Waals surface area contributed by atoms with Crippen LogP contribution in [0, 0.1) is 20.8 Å². The molecule has 23 heavy (non-hydrogen) atoms. The van der Waals surface area contributed by atoms with Gasteiger partial charge in [0.1, 0.15) is 0 Å². The van der Waals surface area contributed by atoms with E-state index in [4.69, 9.17) is 16.0 Å². The Morgan fingerprint density at radius 2 is 1.87 bits per heavy atom. The summed E-state index contributed by atoms with van der Waals surface area (Å²) < 4.78 is 5.72. The number of nitrogens with one attached hydrogen (secondary N) is 1. The number of rotatable bonds is 4. The van der Waals surface area contributed by atoms with Gasteiger partial charge in [-0.05, 0) is 50.1 Å². The number of benzene rings is 2. The molecule has 1 heterocycles. The molecule has 0 unspecified atom stereocenters. The zero-order valence-corrected chi connectivity index (χ0v) is 14.1. The molecule has 0 aliphatic carbocycles. The van der Waals surface area contributed by atoms with E-state index in [0.29, 0.717) is 23.3 Å². The van der Waals surface area contributed by atoms with Crippen molar-refractivity contribution in [2.75, 3.05) is 5.32 Å². The normalized spacial score (nSPS) is 10.8. The van der Waals surface area contributed by atoms with Gasteiger partial charge in [-0.2, -0.15) is 0 Å². The second-order valence-corrected chi connectivity index (χ2v) is 6.07. The topological polar surface area (TPSA) is 51.0 Å². The van der Waals surface area contributed by atoms with E-state index in [-0.39, 0.29) is 0 Å². The molecule has 0 saturated carbocycles. The monoisotopic (exact) mass is 327 g/mol. The summed E-state index contributed by atoms with van der Waals surface area (Å²) >= 11 is 6.29. The Morgan fingerprint density at radius 1 is 1.04 bits per heavy atom. The Morgan fingerprint density at radius 3 is 2.61 bits per heavy atom. The molecule has 0 aliphatic rings. The molecular formula is C18H18ClN3O. The fourth-order valence-corrected chi connectivity index (χ4v) is 2.91. The van der Waals surface area contributed by atoms with Crippen molar-refractivity contribution in [3.8, 4) is 11.5 Å². The highest BCUT2D eigenvalue weighted by atomic mass is 35.5. The van der Waals surface area contributed by atoms with Crippen LogP contribution in [0.5, 0.6) is 0 Å². The quantitative estimate of drug-likeness (QED) is 0.738. The van der Waals surface area contributed by atoms with Gasteiger partial charge in [0.25, 0.3) is 0 Å². The minimum absolute atomic E-state index is 0.433. The minimum Gasteiger partial charge on any atom is -0.419 e.